The minimum Gasteiger partial charge on any atom is -0.494 e. The molecule has 0 aliphatic carbocycles. The number of benzene rings is 3. The lowest BCUT2D eigenvalue weighted by atomic mass is 9.78. The van der Waals surface area contributed by atoms with Crippen LogP contribution in [0.15, 0.2) is 64.3 Å². The van der Waals surface area contributed by atoms with Crippen LogP contribution in [-0.2, 0) is 15.4 Å². The first-order valence-electron chi connectivity index (χ1n) is 11.4. The van der Waals surface area contributed by atoms with E-state index in [1.165, 1.54) is 16.8 Å². The molecule has 1 heterocycles. The number of methoxy groups -OCH3 is 1. The molecular weight excluding hydrogens is 478 g/mol. The summed E-state index contributed by atoms with van der Waals surface area (Å²) in [6.07, 6.45) is 2.54. The largest absolute Gasteiger partial charge is 0.494 e. The standard InChI is InChI=1S/C27H29N3O5S/c1-16-7-12-21(30-14-13-22(31)28-26(30)32)25(35-5)23(16)24-19-10-9-18(29-36(6,33)34)15-17(19)8-11-20(24)27(2,3)4/h7-15,29H,1-6H3,(H,28,31,32). The van der Waals surface area contributed by atoms with Crippen LogP contribution in [0, 0.1) is 6.92 Å². The molecule has 0 aliphatic heterocycles. The third-order valence-electron chi connectivity index (χ3n) is 6.01. The zero-order valence-corrected chi connectivity index (χ0v) is 21.9. The first-order valence-corrected chi connectivity index (χ1v) is 13.2. The quantitative estimate of drug-likeness (QED) is 0.418. The van der Waals surface area contributed by atoms with Crippen molar-refractivity contribution < 1.29 is 13.2 Å². The lowest BCUT2D eigenvalue weighted by Crippen LogP contribution is -2.27. The smallest absolute Gasteiger partial charge is 0.333 e. The Morgan fingerprint density at radius 1 is 0.972 bits per heavy atom. The van der Waals surface area contributed by atoms with Crippen LogP contribution in [0.4, 0.5) is 5.69 Å². The van der Waals surface area contributed by atoms with E-state index >= 15 is 0 Å². The second kappa shape index (κ2) is 8.98. The second-order valence-corrected chi connectivity index (χ2v) is 11.6. The summed E-state index contributed by atoms with van der Waals surface area (Å²) in [5, 5.41) is 1.76. The van der Waals surface area contributed by atoms with Crippen LogP contribution in [0.3, 0.4) is 0 Å². The van der Waals surface area contributed by atoms with E-state index in [4.69, 9.17) is 4.74 Å². The monoisotopic (exact) mass is 507 g/mol. The van der Waals surface area contributed by atoms with E-state index in [2.05, 4.69) is 30.5 Å². The van der Waals surface area contributed by atoms with Gasteiger partial charge in [-0.2, -0.15) is 0 Å². The number of nitrogens with zero attached hydrogens (tertiary/aromatic N) is 1. The van der Waals surface area contributed by atoms with E-state index in [1.807, 2.05) is 31.2 Å². The predicted molar refractivity (Wildman–Crippen MR) is 144 cm³/mol. The van der Waals surface area contributed by atoms with Crippen molar-refractivity contribution in [2.75, 3.05) is 18.1 Å². The van der Waals surface area contributed by atoms with Gasteiger partial charge in [0.15, 0.2) is 5.75 Å². The van der Waals surface area contributed by atoms with Gasteiger partial charge in [-0.3, -0.25) is 19.1 Å². The van der Waals surface area contributed by atoms with Crippen LogP contribution in [0.25, 0.3) is 27.6 Å². The van der Waals surface area contributed by atoms with Crippen molar-refractivity contribution in [2.24, 2.45) is 0 Å². The van der Waals surface area contributed by atoms with Crippen molar-refractivity contribution in [1.82, 2.24) is 9.55 Å². The Hall–Kier alpha value is -3.85. The van der Waals surface area contributed by atoms with Gasteiger partial charge in [0.2, 0.25) is 10.0 Å². The highest BCUT2D eigenvalue weighted by atomic mass is 32.2. The molecule has 0 atom stereocenters. The lowest BCUT2D eigenvalue weighted by molar-refractivity contribution is 0.413. The molecule has 188 valence electrons. The van der Waals surface area contributed by atoms with Crippen LogP contribution < -0.4 is 20.7 Å². The Morgan fingerprint density at radius 3 is 2.31 bits per heavy atom. The molecular formula is C27H29N3O5S. The summed E-state index contributed by atoms with van der Waals surface area (Å²) < 4.78 is 33.4. The number of hydrogen-bond donors (Lipinski definition) is 2. The second-order valence-electron chi connectivity index (χ2n) is 9.84. The first kappa shape index (κ1) is 25.2. The number of rotatable bonds is 5. The number of aryl methyl sites for hydroxylation is 1. The normalized spacial score (nSPS) is 12.1. The summed E-state index contributed by atoms with van der Waals surface area (Å²) >= 11 is 0. The van der Waals surface area contributed by atoms with E-state index in [0.717, 1.165) is 39.3 Å². The number of aromatic nitrogens is 2. The maximum absolute atomic E-state index is 12.6. The van der Waals surface area contributed by atoms with Gasteiger partial charge in [-0.1, -0.05) is 45.0 Å². The molecule has 3 aromatic carbocycles. The van der Waals surface area contributed by atoms with E-state index in [-0.39, 0.29) is 5.41 Å². The van der Waals surface area contributed by atoms with E-state index in [1.54, 1.807) is 25.3 Å². The van der Waals surface area contributed by atoms with Gasteiger partial charge in [-0.05, 0) is 58.0 Å². The molecule has 0 radical (unpaired) electrons. The zero-order chi connectivity index (χ0) is 26.4. The highest BCUT2D eigenvalue weighted by Gasteiger charge is 2.26. The number of fused-ring (bicyclic) bond motifs is 1. The molecule has 0 spiro atoms. The van der Waals surface area contributed by atoms with E-state index < -0.39 is 21.3 Å². The zero-order valence-electron chi connectivity index (χ0n) is 21.1. The molecule has 0 aliphatic rings. The summed E-state index contributed by atoms with van der Waals surface area (Å²) in [6, 6.07) is 14.4. The van der Waals surface area contributed by atoms with Crippen molar-refractivity contribution in [2.45, 2.75) is 33.1 Å². The molecule has 0 amide bonds. The van der Waals surface area contributed by atoms with Crippen LogP contribution in [0.2, 0.25) is 0 Å². The first-order chi connectivity index (χ1) is 16.8. The molecule has 9 heteroatoms. The van der Waals surface area contributed by atoms with E-state index in [0.29, 0.717) is 17.1 Å². The molecule has 2 N–H and O–H groups in total. The number of H-pyrrole nitrogens is 1. The third kappa shape index (κ3) is 4.79. The van der Waals surface area contributed by atoms with Gasteiger partial charge in [-0.25, -0.2) is 13.2 Å². The van der Waals surface area contributed by atoms with E-state index in [9.17, 15) is 18.0 Å². The van der Waals surface area contributed by atoms with Crippen LogP contribution >= 0.6 is 0 Å². The fraction of sp³-hybridized carbons (Fsp3) is 0.259. The minimum atomic E-state index is -3.43. The lowest BCUT2D eigenvalue weighted by Gasteiger charge is -2.27. The number of ether oxygens (including phenoxy) is 1. The number of sulfonamides is 1. The SMILES string of the molecule is COc1c(-n2ccc(=O)[nH]c2=O)ccc(C)c1-c1c(C(C)(C)C)ccc2cc(NS(C)(=O)=O)ccc12. The number of anilines is 1. The number of nitrogens with one attached hydrogen (secondary N) is 2. The molecule has 0 unspecified atom stereocenters. The fourth-order valence-electron chi connectivity index (χ4n) is 4.49. The van der Waals surface area contributed by atoms with Crippen molar-refractivity contribution in [1.29, 1.82) is 0 Å². The van der Waals surface area contributed by atoms with Crippen molar-refractivity contribution in [3.8, 4) is 22.6 Å². The van der Waals surface area contributed by atoms with Gasteiger partial charge in [-0.15, -0.1) is 0 Å². The summed E-state index contributed by atoms with van der Waals surface area (Å²) in [5.74, 6) is 0.487. The topological polar surface area (TPSA) is 110 Å². The molecule has 0 bridgehead atoms. The van der Waals surface area contributed by atoms with Gasteiger partial charge < -0.3 is 4.74 Å². The third-order valence-corrected chi connectivity index (χ3v) is 6.62. The Kier molecular flexibility index (Phi) is 6.30. The molecule has 0 fully saturated rings. The molecule has 1 aromatic heterocycles. The molecule has 0 saturated heterocycles. The van der Waals surface area contributed by atoms with Crippen LogP contribution in [-0.4, -0.2) is 31.3 Å². The maximum Gasteiger partial charge on any atom is 0.333 e. The van der Waals surface area contributed by atoms with Crippen molar-refractivity contribution >= 4 is 26.5 Å². The fourth-order valence-corrected chi connectivity index (χ4v) is 5.04. The molecule has 0 saturated carbocycles. The van der Waals surface area contributed by atoms with Crippen molar-refractivity contribution in [3.05, 3.63) is 86.7 Å². The van der Waals surface area contributed by atoms with Gasteiger partial charge in [0.25, 0.3) is 5.56 Å². The Bertz CT molecular complexity index is 1710. The summed E-state index contributed by atoms with van der Waals surface area (Å²) in [5.41, 5.74) is 3.41. The molecule has 36 heavy (non-hydrogen) atoms. The van der Waals surface area contributed by atoms with Gasteiger partial charge in [0.1, 0.15) is 0 Å². The predicted octanol–water partition coefficient (Wildman–Crippen LogP) is 4.33. The molecule has 8 nitrogen and oxygen atoms in total. The number of aromatic amines is 1. The molecule has 4 aromatic rings. The van der Waals surface area contributed by atoms with Crippen LogP contribution in [0.5, 0.6) is 5.75 Å². The van der Waals surface area contributed by atoms with Gasteiger partial charge in [0.05, 0.1) is 19.1 Å². The average Bonchev–Trinajstić information content (AvgIpc) is 2.76. The van der Waals surface area contributed by atoms with Crippen LogP contribution in [0.1, 0.15) is 31.9 Å². The summed E-state index contributed by atoms with van der Waals surface area (Å²) in [4.78, 5) is 26.6. The Balaban J connectivity index is 2.11. The average molecular weight is 508 g/mol. The van der Waals surface area contributed by atoms with Gasteiger partial charge >= 0.3 is 5.69 Å². The summed E-state index contributed by atoms with van der Waals surface area (Å²) in [7, 11) is -1.88. The van der Waals surface area contributed by atoms with Crippen molar-refractivity contribution in [3.63, 3.8) is 0 Å². The highest BCUT2D eigenvalue weighted by Crippen LogP contribution is 2.46. The highest BCUT2D eigenvalue weighted by molar-refractivity contribution is 7.92. The number of hydrogen-bond acceptors (Lipinski definition) is 5. The minimum absolute atomic E-state index is 0.241. The Labute approximate surface area is 209 Å². The van der Waals surface area contributed by atoms with Gasteiger partial charge in [0, 0.05) is 23.5 Å². The summed E-state index contributed by atoms with van der Waals surface area (Å²) in [6.45, 7) is 8.34. The molecule has 4 rings (SSSR count). The Morgan fingerprint density at radius 2 is 1.69 bits per heavy atom. The maximum atomic E-state index is 12.6.